The van der Waals surface area contributed by atoms with Crippen LogP contribution in [0.2, 0.25) is 0 Å². The van der Waals surface area contributed by atoms with E-state index in [0.29, 0.717) is 19.3 Å². The zero-order valence-electron chi connectivity index (χ0n) is 13.2. The second-order valence-electron chi connectivity index (χ2n) is 5.92. The molecule has 0 radical (unpaired) electrons. The molecule has 1 rings (SSSR count). The van der Waals surface area contributed by atoms with E-state index < -0.39 is 24.0 Å². The van der Waals surface area contributed by atoms with Crippen molar-refractivity contribution in [3.63, 3.8) is 0 Å². The van der Waals surface area contributed by atoms with E-state index in [4.69, 9.17) is 0 Å². The van der Waals surface area contributed by atoms with Crippen molar-refractivity contribution in [2.75, 3.05) is 0 Å². The first-order chi connectivity index (χ1) is 10.4. The van der Waals surface area contributed by atoms with Crippen LogP contribution in [-0.2, 0) is 16.0 Å². The second kappa shape index (κ2) is 9.20. The molecular weight excluding hydrogens is 282 g/mol. The van der Waals surface area contributed by atoms with Gasteiger partial charge < -0.3 is 15.5 Å². The van der Waals surface area contributed by atoms with Gasteiger partial charge in [-0.05, 0) is 37.2 Å². The number of hydrogen-bond acceptors (Lipinski definition) is 3. The number of carboxylic acids is 1. The molecule has 0 spiro atoms. The molecule has 0 fully saturated rings. The lowest BCUT2D eigenvalue weighted by molar-refractivity contribution is -0.143. The van der Waals surface area contributed by atoms with E-state index >= 15 is 0 Å². The summed E-state index contributed by atoms with van der Waals surface area (Å²) >= 11 is 0. The summed E-state index contributed by atoms with van der Waals surface area (Å²) in [5.41, 5.74) is 1.14. The molecule has 2 atom stereocenters. The Kier molecular flexibility index (Phi) is 7.60. The van der Waals surface area contributed by atoms with Gasteiger partial charge in [-0.2, -0.15) is 0 Å². The number of benzene rings is 1. The molecule has 1 amide bonds. The molecule has 1 aromatic carbocycles. The summed E-state index contributed by atoms with van der Waals surface area (Å²) in [6.07, 6.45) is 0.916. The number of nitrogens with one attached hydrogen (secondary N) is 1. The normalized spacial score (nSPS) is 13.6. The molecule has 0 unspecified atom stereocenters. The summed E-state index contributed by atoms with van der Waals surface area (Å²) < 4.78 is 0. The molecule has 0 bridgehead atoms. The molecule has 1 aromatic rings. The summed E-state index contributed by atoms with van der Waals surface area (Å²) in [5, 5.41) is 21.3. The smallest absolute Gasteiger partial charge is 0.326 e. The van der Waals surface area contributed by atoms with E-state index in [1.54, 1.807) is 0 Å². The predicted molar refractivity (Wildman–Crippen MR) is 84.4 cm³/mol. The van der Waals surface area contributed by atoms with Gasteiger partial charge in [-0.3, -0.25) is 4.79 Å². The minimum Gasteiger partial charge on any atom is -0.480 e. The number of rotatable bonds is 9. The zero-order valence-corrected chi connectivity index (χ0v) is 13.2. The maximum Gasteiger partial charge on any atom is 0.326 e. The van der Waals surface area contributed by atoms with Crippen LogP contribution in [-0.4, -0.2) is 34.2 Å². The van der Waals surface area contributed by atoms with E-state index in [9.17, 15) is 19.8 Å². The molecule has 0 aliphatic rings. The van der Waals surface area contributed by atoms with Crippen LogP contribution in [0.25, 0.3) is 0 Å². The first kappa shape index (κ1) is 18.2. The molecule has 5 heteroatoms. The molecule has 0 saturated carbocycles. The Balaban J connectivity index is 2.45. The summed E-state index contributed by atoms with van der Waals surface area (Å²) in [6.45, 7) is 3.79. The monoisotopic (exact) mass is 307 g/mol. The third-order valence-corrected chi connectivity index (χ3v) is 3.41. The standard InChI is InChI=1S/C17H25NO4/c1-12(2)11-15(19)16(20)18-14(17(21)22)10-6-9-13-7-4-3-5-8-13/h3-5,7-8,12,14-15,19H,6,9-11H2,1-2H3,(H,18,20)(H,21,22)/t14-,15+/m0/s1. The van der Waals surface area contributed by atoms with Crippen molar-refractivity contribution in [2.45, 2.75) is 51.7 Å². The Hall–Kier alpha value is -1.88. The number of amides is 1. The number of aryl methyl sites for hydroxylation is 1. The zero-order chi connectivity index (χ0) is 16.5. The lowest BCUT2D eigenvalue weighted by atomic mass is 10.0. The van der Waals surface area contributed by atoms with Gasteiger partial charge in [0.2, 0.25) is 5.91 Å². The molecule has 22 heavy (non-hydrogen) atoms. The van der Waals surface area contributed by atoms with Crippen molar-refractivity contribution in [3.8, 4) is 0 Å². The van der Waals surface area contributed by atoms with E-state index in [-0.39, 0.29) is 5.92 Å². The molecule has 0 saturated heterocycles. The third kappa shape index (κ3) is 6.72. The van der Waals surface area contributed by atoms with E-state index in [1.807, 2.05) is 44.2 Å². The van der Waals surface area contributed by atoms with E-state index in [1.165, 1.54) is 0 Å². The van der Waals surface area contributed by atoms with Gasteiger partial charge >= 0.3 is 5.97 Å². The van der Waals surface area contributed by atoms with Crippen molar-refractivity contribution in [1.29, 1.82) is 0 Å². The van der Waals surface area contributed by atoms with Gasteiger partial charge in [0, 0.05) is 0 Å². The quantitative estimate of drug-likeness (QED) is 0.651. The first-order valence-corrected chi connectivity index (χ1v) is 7.65. The molecule has 5 nitrogen and oxygen atoms in total. The third-order valence-electron chi connectivity index (χ3n) is 3.41. The average molecular weight is 307 g/mol. The van der Waals surface area contributed by atoms with Gasteiger partial charge in [0.25, 0.3) is 0 Å². The highest BCUT2D eigenvalue weighted by Crippen LogP contribution is 2.09. The van der Waals surface area contributed by atoms with Gasteiger partial charge in [-0.1, -0.05) is 44.2 Å². The highest BCUT2D eigenvalue weighted by Gasteiger charge is 2.24. The van der Waals surface area contributed by atoms with Crippen LogP contribution in [0.3, 0.4) is 0 Å². The van der Waals surface area contributed by atoms with Crippen molar-refractivity contribution in [3.05, 3.63) is 35.9 Å². The number of carbonyl (C=O) groups excluding carboxylic acids is 1. The SMILES string of the molecule is CC(C)C[C@@H](O)C(=O)N[C@@H](CCCc1ccccc1)C(=O)O. The minimum absolute atomic E-state index is 0.169. The number of aliphatic hydroxyl groups is 1. The highest BCUT2D eigenvalue weighted by atomic mass is 16.4. The van der Waals surface area contributed by atoms with Gasteiger partial charge in [-0.15, -0.1) is 0 Å². The van der Waals surface area contributed by atoms with Crippen molar-refractivity contribution < 1.29 is 19.8 Å². The molecule has 3 N–H and O–H groups in total. The Morgan fingerprint density at radius 1 is 1.18 bits per heavy atom. The molecule has 0 aliphatic carbocycles. The summed E-state index contributed by atoms with van der Waals surface area (Å²) in [4.78, 5) is 23.0. The van der Waals surface area contributed by atoms with Gasteiger partial charge in [-0.25, -0.2) is 4.79 Å². The molecule has 0 heterocycles. The van der Waals surface area contributed by atoms with Crippen LogP contribution in [0.15, 0.2) is 30.3 Å². The molecule has 0 aromatic heterocycles. The predicted octanol–water partition coefficient (Wildman–Crippen LogP) is 1.99. The summed E-state index contributed by atoms with van der Waals surface area (Å²) in [7, 11) is 0. The lowest BCUT2D eigenvalue weighted by Crippen LogP contribution is -2.45. The number of aliphatic hydroxyl groups excluding tert-OH is 1. The van der Waals surface area contributed by atoms with Crippen LogP contribution in [0.1, 0.15) is 38.7 Å². The van der Waals surface area contributed by atoms with Crippen LogP contribution >= 0.6 is 0 Å². The van der Waals surface area contributed by atoms with Crippen molar-refractivity contribution >= 4 is 11.9 Å². The average Bonchev–Trinajstić information content (AvgIpc) is 2.46. The fourth-order valence-electron chi connectivity index (χ4n) is 2.23. The second-order valence-corrected chi connectivity index (χ2v) is 5.92. The van der Waals surface area contributed by atoms with Crippen LogP contribution in [0, 0.1) is 5.92 Å². The fourth-order valence-corrected chi connectivity index (χ4v) is 2.23. The number of carbonyl (C=O) groups is 2. The molecular formula is C17H25NO4. The molecule has 0 aliphatic heterocycles. The Morgan fingerprint density at radius 2 is 1.82 bits per heavy atom. The van der Waals surface area contributed by atoms with Gasteiger partial charge in [0.05, 0.1) is 0 Å². The number of aliphatic carboxylic acids is 1. The van der Waals surface area contributed by atoms with Crippen molar-refractivity contribution in [1.82, 2.24) is 5.32 Å². The van der Waals surface area contributed by atoms with Gasteiger partial charge in [0.1, 0.15) is 12.1 Å². The Labute approximate surface area is 131 Å². The topological polar surface area (TPSA) is 86.6 Å². The van der Waals surface area contributed by atoms with Crippen LogP contribution in [0.4, 0.5) is 0 Å². The Bertz CT molecular complexity index is 473. The Morgan fingerprint density at radius 3 is 2.36 bits per heavy atom. The van der Waals surface area contributed by atoms with Crippen LogP contribution in [0.5, 0.6) is 0 Å². The lowest BCUT2D eigenvalue weighted by Gasteiger charge is -2.18. The van der Waals surface area contributed by atoms with E-state index in [2.05, 4.69) is 5.32 Å². The van der Waals surface area contributed by atoms with E-state index in [0.717, 1.165) is 12.0 Å². The molecule has 122 valence electrons. The highest BCUT2D eigenvalue weighted by molar-refractivity contribution is 5.86. The maximum absolute atomic E-state index is 11.8. The van der Waals surface area contributed by atoms with Crippen molar-refractivity contribution in [2.24, 2.45) is 5.92 Å². The maximum atomic E-state index is 11.8. The van der Waals surface area contributed by atoms with Gasteiger partial charge in [0.15, 0.2) is 0 Å². The minimum atomic E-state index is -1.16. The van der Waals surface area contributed by atoms with Crippen LogP contribution < -0.4 is 5.32 Å². The summed E-state index contributed by atoms with van der Waals surface area (Å²) in [5.74, 6) is -1.51. The number of carboxylic acid groups (broad SMARTS) is 1. The summed E-state index contributed by atoms with van der Waals surface area (Å²) in [6, 6.07) is 8.82. The number of hydrogen-bond donors (Lipinski definition) is 3. The fraction of sp³-hybridized carbons (Fsp3) is 0.529. The first-order valence-electron chi connectivity index (χ1n) is 7.65. The largest absolute Gasteiger partial charge is 0.480 e.